The van der Waals surface area contributed by atoms with Crippen molar-refractivity contribution in [3.8, 4) is 0 Å². The topological polar surface area (TPSA) is 93.1 Å². The first-order valence-corrected chi connectivity index (χ1v) is 6.84. The highest BCUT2D eigenvalue weighted by Crippen LogP contribution is 2.35. The van der Waals surface area contributed by atoms with E-state index < -0.39 is 7.82 Å². The number of rotatable bonds is 6. The number of ether oxygens (including phenoxy) is 1. The number of carbonyl (C=O) groups excluding carboxylic acids is 1. The van der Waals surface area contributed by atoms with Crippen molar-refractivity contribution in [2.45, 2.75) is 6.92 Å². The Morgan fingerprint density at radius 3 is 2.11 bits per heavy atom. The van der Waals surface area contributed by atoms with E-state index in [1.165, 1.54) is 0 Å². The smallest absolute Gasteiger partial charge is 0.463 e. The standard InChI is InChI=1S/C5H14NO4P.C5H8O2/c1-6(2,3)4-5-10-11(7,8)9;1-3-5(6)7-4-2/h4-5H2,1-3H3,(H-,7,8,9);3H,1,4H2,2H3/p+1. The zero-order valence-electron chi connectivity index (χ0n) is 11.3. The molecule has 0 rings (SSSR count). The summed E-state index contributed by atoms with van der Waals surface area (Å²) in [6.07, 6.45) is 1.14. The molecule has 18 heavy (non-hydrogen) atoms. The summed E-state index contributed by atoms with van der Waals surface area (Å²) in [5, 5.41) is 0. The minimum absolute atomic E-state index is 0.0772. The zero-order valence-corrected chi connectivity index (χ0v) is 12.2. The predicted octanol–water partition coefficient (Wildman–Crippen LogP) is 0.537. The van der Waals surface area contributed by atoms with Gasteiger partial charge >= 0.3 is 13.8 Å². The van der Waals surface area contributed by atoms with E-state index in [4.69, 9.17) is 9.79 Å². The van der Waals surface area contributed by atoms with Crippen LogP contribution in [0.2, 0.25) is 0 Å². The molecule has 0 saturated carbocycles. The Bertz CT molecular complexity index is 293. The maximum Gasteiger partial charge on any atom is 0.469 e. The Labute approximate surface area is 108 Å². The molecular weight excluding hydrogens is 261 g/mol. The molecule has 0 spiro atoms. The Morgan fingerprint density at radius 2 is 1.89 bits per heavy atom. The van der Waals surface area contributed by atoms with E-state index in [1.807, 2.05) is 21.1 Å². The van der Waals surface area contributed by atoms with Crippen molar-refractivity contribution in [1.82, 2.24) is 0 Å². The number of hydrogen-bond acceptors (Lipinski definition) is 4. The van der Waals surface area contributed by atoms with Crippen molar-refractivity contribution < 1.29 is 32.9 Å². The summed E-state index contributed by atoms with van der Waals surface area (Å²) in [7, 11) is 1.50. The summed E-state index contributed by atoms with van der Waals surface area (Å²) >= 11 is 0. The molecule has 0 aliphatic carbocycles. The molecule has 0 aromatic carbocycles. The summed E-state index contributed by atoms with van der Waals surface area (Å²) in [5.41, 5.74) is 0. The summed E-state index contributed by atoms with van der Waals surface area (Å²) in [6.45, 7) is 6.03. The molecule has 0 amide bonds. The monoisotopic (exact) mass is 284 g/mol. The first-order valence-electron chi connectivity index (χ1n) is 5.31. The van der Waals surface area contributed by atoms with Crippen LogP contribution in [0.5, 0.6) is 0 Å². The number of quaternary nitrogens is 1. The van der Waals surface area contributed by atoms with Gasteiger partial charge < -0.3 is 19.0 Å². The third-order valence-electron chi connectivity index (χ3n) is 1.47. The second-order valence-electron chi connectivity index (χ2n) is 4.29. The minimum Gasteiger partial charge on any atom is -0.463 e. The van der Waals surface area contributed by atoms with Crippen molar-refractivity contribution in [2.75, 3.05) is 40.9 Å². The fraction of sp³-hybridized carbons (Fsp3) is 0.700. The molecule has 0 fully saturated rings. The van der Waals surface area contributed by atoms with Gasteiger partial charge in [-0.1, -0.05) is 6.58 Å². The lowest BCUT2D eigenvalue weighted by Crippen LogP contribution is -2.37. The number of esters is 1. The van der Waals surface area contributed by atoms with Crippen LogP contribution in [0.25, 0.3) is 0 Å². The van der Waals surface area contributed by atoms with Crippen LogP contribution in [0.15, 0.2) is 12.7 Å². The number of likely N-dealkylation sites (N-methyl/N-ethyl adjacent to an activating group) is 1. The van der Waals surface area contributed by atoms with E-state index in [1.54, 1.807) is 6.92 Å². The summed E-state index contributed by atoms with van der Waals surface area (Å²) in [5.74, 6) is -0.359. The van der Waals surface area contributed by atoms with Gasteiger partial charge in [0.1, 0.15) is 13.2 Å². The molecule has 0 unspecified atom stereocenters. The van der Waals surface area contributed by atoms with Gasteiger partial charge in [-0.3, -0.25) is 4.52 Å². The van der Waals surface area contributed by atoms with Crippen LogP contribution >= 0.6 is 7.82 Å². The molecule has 108 valence electrons. The maximum absolute atomic E-state index is 10.2. The third-order valence-corrected chi connectivity index (χ3v) is 1.99. The number of nitrogens with zero attached hydrogens (tertiary/aromatic N) is 1. The number of phosphoric acid groups is 1. The second-order valence-corrected chi connectivity index (χ2v) is 5.53. The van der Waals surface area contributed by atoms with Gasteiger partial charge in [0.25, 0.3) is 0 Å². The van der Waals surface area contributed by atoms with E-state index in [-0.39, 0.29) is 12.6 Å². The molecule has 0 aliphatic rings. The average Bonchev–Trinajstić information content (AvgIpc) is 2.14. The van der Waals surface area contributed by atoms with Crippen LogP contribution < -0.4 is 0 Å². The van der Waals surface area contributed by atoms with Crippen molar-refractivity contribution in [1.29, 1.82) is 0 Å². The van der Waals surface area contributed by atoms with Gasteiger partial charge in [0.15, 0.2) is 0 Å². The summed E-state index contributed by atoms with van der Waals surface area (Å²) in [4.78, 5) is 26.7. The lowest BCUT2D eigenvalue weighted by atomic mass is 10.5. The van der Waals surface area contributed by atoms with Crippen LogP contribution in [0.3, 0.4) is 0 Å². The van der Waals surface area contributed by atoms with Crippen molar-refractivity contribution in [2.24, 2.45) is 0 Å². The molecule has 0 bridgehead atoms. The van der Waals surface area contributed by atoms with Gasteiger partial charge in [-0.15, -0.1) is 0 Å². The minimum atomic E-state index is -4.26. The fourth-order valence-corrected chi connectivity index (χ4v) is 0.954. The molecule has 0 saturated heterocycles. The van der Waals surface area contributed by atoms with Crippen molar-refractivity contribution in [3.05, 3.63) is 12.7 Å². The van der Waals surface area contributed by atoms with E-state index in [9.17, 15) is 9.36 Å². The van der Waals surface area contributed by atoms with Gasteiger partial charge in [0.05, 0.1) is 27.7 Å². The molecule has 7 nitrogen and oxygen atoms in total. The van der Waals surface area contributed by atoms with E-state index in [0.717, 1.165) is 6.08 Å². The maximum atomic E-state index is 10.2. The van der Waals surface area contributed by atoms with Crippen LogP contribution in [-0.2, 0) is 18.6 Å². The van der Waals surface area contributed by atoms with E-state index in [0.29, 0.717) is 17.6 Å². The number of hydrogen-bond donors (Lipinski definition) is 2. The third kappa shape index (κ3) is 20.7. The highest BCUT2D eigenvalue weighted by molar-refractivity contribution is 7.46. The largest absolute Gasteiger partial charge is 0.469 e. The van der Waals surface area contributed by atoms with Crippen LogP contribution in [0.4, 0.5) is 0 Å². The van der Waals surface area contributed by atoms with Gasteiger partial charge in [-0.2, -0.15) is 0 Å². The lowest BCUT2D eigenvalue weighted by molar-refractivity contribution is -0.870. The molecular formula is C10H23NO6P+. The quantitative estimate of drug-likeness (QED) is 0.320. The molecule has 0 radical (unpaired) electrons. The average molecular weight is 284 g/mol. The lowest BCUT2D eigenvalue weighted by Gasteiger charge is -2.23. The Balaban J connectivity index is 0. The molecule has 8 heteroatoms. The van der Waals surface area contributed by atoms with Gasteiger partial charge in [-0.05, 0) is 6.92 Å². The molecule has 0 aromatic rings. The summed E-state index contributed by atoms with van der Waals surface area (Å²) in [6, 6.07) is 0. The summed E-state index contributed by atoms with van der Waals surface area (Å²) < 4.78 is 19.5. The number of phosphoric ester groups is 1. The molecule has 0 aromatic heterocycles. The van der Waals surface area contributed by atoms with Crippen LogP contribution in [0, 0.1) is 0 Å². The molecule has 2 N–H and O–H groups in total. The van der Waals surface area contributed by atoms with E-state index in [2.05, 4.69) is 15.8 Å². The molecule has 0 atom stereocenters. The highest BCUT2D eigenvalue weighted by Gasteiger charge is 2.15. The Kier molecular flexibility index (Phi) is 10.1. The predicted molar refractivity (Wildman–Crippen MR) is 67.7 cm³/mol. The van der Waals surface area contributed by atoms with Crippen LogP contribution in [0.1, 0.15) is 6.92 Å². The van der Waals surface area contributed by atoms with E-state index >= 15 is 0 Å². The second kappa shape index (κ2) is 9.24. The van der Waals surface area contributed by atoms with Crippen molar-refractivity contribution >= 4 is 13.8 Å². The Hall–Kier alpha value is -0.720. The van der Waals surface area contributed by atoms with Crippen LogP contribution in [-0.4, -0.2) is 61.1 Å². The van der Waals surface area contributed by atoms with Gasteiger partial charge in [0, 0.05) is 6.08 Å². The molecule has 0 heterocycles. The SMILES string of the molecule is C=CC(=O)OCC.C[N+](C)(C)CCOP(=O)(O)O. The fourth-order valence-electron chi connectivity index (χ4n) is 0.635. The zero-order chi connectivity index (χ0) is 14.8. The first-order chi connectivity index (χ1) is 8.02. The van der Waals surface area contributed by atoms with Gasteiger partial charge in [-0.25, -0.2) is 9.36 Å². The molecule has 0 aliphatic heterocycles. The first kappa shape index (κ1) is 19.6. The van der Waals surface area contributed by atoms with Gasteiger partial charge in [0.2, 0.25) is 0 Å². The normalized spacial score (nSPS) is 11.2. The highest BCUT2D eigenvalue weighted by atomic mass is 31.2. The number of carbonyl (C=O) groups is 1. The Morgan fingerprint density at radius 1 is 1.39 bits per heavy atom. The van der Waals surface area contributed by atoms with Crippen molar-refractivity contribution in [3.63, 3.8) is 0 Å².